The first-order chi connectivity index (χ1) is 16.0. The summed E-state index contributed by atoms with van der Waals surface area (Å²) < 4.78 is 41.4. The highest BCUT2D eigenvalue weighted by atomic mass is 35.5. The van der Waals surface area contributed by atoms with E-state index >= 15 is 0 Å². The Balaban J connectivity index is 1.47. The first-order valence-electron chi connectivity index (χ1n) is 10.4. The molecule has 0 bridgehead atoms. The topological polar surface area (TPSA) is 130 Å². The molecule has 4 heterocycles. The Morgan fingerprint density at radius 3 is 2.65 bits per heavy atom. The number of nitrogens with two attached hydrogens (primary N) is 2. The van der Waals surface area contributed by atoms with E-state index in [1.165, 1.54) is 0 Å². The van der Waals surface area contributed by atoms with Gasteiger partial charge in [0.15, 0.2) is 0 Å². The number of alkyl halides is 3. The minimum atomic E-state index is -4.68. The zero-order chi connectivity index (χ0) is 24.6. The van der Waals surface area contributed by atoms with Crippen LogP contribution in [0, 0.1) is 0 Å². The fraction of sp³-hybridized carbons (Fsp3) is 0.381. The number of fused-ring (bicyclic) bond motifs is 1. The minimum Gasteiger partial charge on any atom is -0.397 e. The maximum atomic E-state index is 13.8. The Morgan fingerprint density at radius 1 is 1.32 bits per heavy atom. The Hall–Kier alpha value is -2.67. The molecule has 3 aromatic rings. The standard InChI is InChI=1S/C21H22ClF3N6O2S/c22-14-3-1-2-12(29-14)13(32)9-28-10-4-6-31(7-5-10)15-8-11(21(23,24)25)16-17(26)18(19(27)33)34-20(16)30-15/h1-3,8,10,13,28,32H,4-7,9,26H2,(H2,27,33). The normalized spacial score (nSPS) is 16.2. The van der Waals surface area contributed by atoms with Gasteiger partial charge in [-0.1, -0.05) is 17.7 Å². The molecule has 8 nitrogen and oxygen atoms in total. The molecule has 1 unspecified atom stereocenters. The van der Waals surface area contributed by atoms with Gasteiger partial charge in [-0.15, -0.1) is 11.3 Å². The number of hydrogen-bond donors (Lipinski definition) is 4. The van der Waals surface area contributed by atoms with Gasteiger partial charge in [-0.3, -0.25) is 4.79 Å². The number of rotatable bonds is 6. The molecule has 0 aliphatic carbocycles. The van der Waals surface area contributed by atoms with Crippen LogP contribution in [0.2, 0.25) is 5.15 Å². The van der Waals surface area contributed by atoms with Gasteiger partial charge in [-0.25, -0.2) is 9.97 Å². The quantitative estimate of drug-likeness (QED) is 0.371. The number of pyridine rings is 2. The Labute approximate surface area is 201 Å². The molecule has 1 aliphatic rings. The van der Waals surface area contributed by atoms with Crippen LogP contribution in [-0.4, -0.2) is 46.7 Å². The zero-order valence-corrected chi connectivity index (χ0v) is 19.3. The van der Waals surface area contributed by atoms with Crippen molar-refractivity contribution < 1.29 is 23.1 Å². The lowest BCUT2D eigenvalue weighted by Gasteiger charge is -2.34. The number of halogens is 4. The molecular formula is C21H22ClF3N6O2S. The molecule has 6 N–H and O–H groups in total. The molecule has 0 aromatic carbocycles. The fourth-order valence-electron chi connectivity index (χ4n) is 3.98. The smallest absolute Gasteiger partial charge is 0.397 e. The second-order valence-corrected chi connectivity index (χ2v) is 9.37. The van der Waals surface area contributed by atoms with E-state index in [1.807, 2.05) is 0 Å². The summed E-state index contributed by atoms with van der Waals surface area (Å²) in [5.74, 6) is -0.726. The lowest BCUT2D eigenvalue weighted by molar-refractivity contribution is -0.136. The van der Waals surface area contributed by atoms with Gasteiger partial charge in [0.1, 0.15) is 26.8 Å². The van der Waals surface area contributed by atoms with E-state index in [9.17, 15) is 23.1 Å². The van der Waals surface area contributed by atoms with Crippen LogP contribution >= 0.6 is 22.9 Å². The van der Waals surface area contributed by atoms with Crippen molar-refractivity contribution in [1.29, 1.82) is 0 Å². The molecule has 1 aliphatic heterocycles. The molecule has 4 rings (SSSR count). The number of anilines is 2. The number of aliphatic hydroxyl groups is 1. The summed E-state index contributed by atoms with van der Waals surface area (Å²) in [4.78, 5) is 21.7. The summed E-state index contributed by atoms with van der Waals surface area (Å²) in [5.41, 5.74) is 10.3. The van der Waals surface area contributed by atoms with Gasteiger partial charge in [-0.2, -0.15) is 13.2 Å². The average molecular weight is 515 g/mol. The van der Waals surface area contributed by atoms with Gasteiger partial charge in [0, 0.05) is 31.1 Å². The van der Waals surface area contributed by atoms with Crippen LogP contribution in [0.15, 0.2) is 24.3 Å². The molecule has 0 radical (unpaired) electrons. The molecule has 1 fully saturated rings. The van der Waals surface area contributed by atoms with Gasteiger partial charge in [0.25, 0.3) is 5.91 Å². The van der Waals surface area contributed by atoms with E-state index in [0.717, 1.165) is 17.4 Å². The van der Waals surface area contributed by atoms with Crippen molar-refractivity contribution in [3.8, 4) is 0 Å². The Kier molecular flexibility index (Phi) is 6.85. The molecular weight excluding hydrogens is 493 g/mol. The van der Waals surface area contributed by atoms with Crippen LogP contribution in [-0.2, 0) is 6.18 Å². The number of nitrogen functional groups attached to an aromatic ring is 1. The predicted octanol–water partition coefficient (Wildman–Crippen LogP) is 3.34. The third kappa shape index (κ3) is 5.04. The van der Waals surface area contributed by atoms with E-state index in [1.54, 1.807) is 23.1 Å². The third-order valence-corrected chi connectivity index (χ3v) is 7.04. The largest absolute Gasteiger partial charge is 0.417 e. The number of hydrogen-bond acceptors (Lipinski definition) is 8. The number of aliphatic hydroxyl groups excluding tert-OH is 1. The maximum Gasteiger partial charge on any atom is 0.417 e. The zero-order valence-electron chi connectivity index (χ0n) is 17.8. The monoisotopic (exact) mass is 514 g/mol. The van der Waals surface area contributed by atoms with Crippen molar-refractivity contribution in [3.05, 3.63) is 45.6 Å². The molecule has 0 spiro atoms. The van der Waals surface area contributed by atoms with E-state index in [2.05, 4.69) is 15.3 Å². The number of nitrogens with zero attached hydrogens (tertiary/aromatic N) is 3. The predicted molar refractivity (Wildman–Crippen MR) is 125 cm³/mol. The molecule has 182 valence electrons. The summed E-state index contributed by atoms with van der Waals surface area (Å²) in [5, 5.41) is 13.6. The maximum absolute atomic E-state index is 13.8. The number of piperidine rings is 1. The number of aromatic nitrogens is 2. The number of nitrogens with one attached hydrogen (secondary N) is 1. The summed E-state index contributed by atoms with van der Waals surface area (Å²) in [7, 11) is 0. The SMILES string of the molecule is NC(=O)c1sc2nc(N3CCC(NCC(O)c4cccc(Cl)n4)CC3)cc(C(F)(F)F)c2c1N. The van der Waals surface area contributed by atoms with Crippen LogP contribution in [0.4, 0.5) is 24.7 Å². The molecule has 13 heteroatoms. The van der Waals surface area contributed by atoms with Crippen LogP contribution < -0.4 is 21.7 Å². The van der Waals surface area contributed by atoms with Gasteiger partial charge in [0.2, 0.25) is 0 Å². The highest BCUT2D eigenvalue weighted by Crippen LogP contribution is 2.43. The lowest BCUT2D eigenvalue weighted by Crippen LogP contribution is -2.44. The first-order valence-corrected chi connectivity index (χ1v) is 11.6. The highest BCUT2D eigenvalue weighted by molar-refractivity contribution is 7.21. The highest BCUT2D eigenvalue weighted by Gasteiger charge is 2.37. The minimum absolute atomic E-state index is 0.0218. The molecule has 1 atom stereocenters. The van der Waals surface area contributed by atoms with E-state index in [0.29, 0.717) is 36.8 Å². The van der Waals surface area contributed by atoms with Crippen molar-refractivity contribution in [1.82, 2.24) is 15.3 Å². The van der Waals surface area contributed by atoms with E-state index in [4.69, 9.17) is 23.1 Å². The molecule has 0 saturated carbocycles. The molecule has 1 saturated heterocycles. The van der Waals surface area contributed by atoms with Crippen molar-refractivity contribution in [2.24, 2.45) is 5.73 Å². The van der Waals surface area contributed by atoms with Crippen molar-refractivity contribution in [2.75, 3.05) is 30.3 Å². The van der Waals surface area contributed by atoms with Crippen molar-refractivity contribution in [2.45, 2.75) is 31.2 Å². The van der Waals surface area contributed by atoms with Gasteiger partial charge in [0.05, 0.1) is 16.9 Å². The van der Waals surface area contributed by atoms with Gasteiger partial charge < -0.3 is 26.8 Å². The second-order valence-electron chi connectivity index (χ2n) is 7.99. The summed E-state index contributed by atoms with van der Waals surface area (Å²) >= 11 is 6.62. The number of amides is 1. The van der Waals surface area contributed by atoms with Crippen LogP contribution in [0.25, 0.3) is 10.2 Å². The Bertz CT molecular complexity index is 1210. The van der Waals surface area contributed by atoms with Gasteiger partial charge >= 0.3 is 6.18 Å². The van der Waals surface area contributed by atoms with Crippen LogP contribution in [0.3, 0.4) is 0 Å². The van der Waals surface area contributed by atoms with E-state index < -0.39 is 23.8 Å². The number of primary amides is 1. The van der Waals surface area contributed by atoms with Crippen molar-refractivity contribution in [3.63, 3.8) is 0 Å². The number of carbonyl (C=O) groups excluding carboxylic acids is 1. The molecule has 1 amide bonds. The van der Waals surface area contributed by atoms with Crippen LogP contribution in [0.1, 0.15) is 39.9 Å². The van der Waals surface area contributed by atoms with Crippen molar-refractivity contribution >= 4 is 50.6 Å². The lowest BCUT2D eigenvalue weighted by atomic mass is 10.0. The van der Waals surface area contributed by atoms with Crippen LogP contribution in [0.5, 0.6) is 0 Å². The Morgan fingerprint density at radius 2 is 2.03 bits per heavy atom. The average Bonchev–Trinajstić information content (AvgIpc) is 3.13. The number of carbonyl (C=O) groups is 1. The fourth-order valence-corrected chi connectivity index (χ4v) is 5.12. The molecule has 3 aromatic heterocycles. The first kappa shape index (κ1) is 24.5. The molecule has 34 heavy (non-hydrogen) atoms. The van der Waals surface area contributed by atoms with E-state index in [-0.39, 0.29) is 39.2 Å². The van der Waals surface area contributed by atoms with Gasteiger partial charge in [-0.05, 0) is 31.0 Å². The summed E-state index contributed by atoms with van der Waals surface area (Å²) in [6.07, 6.45) is -4.24. The third-order valence-electron chi connectivity index (χ3n) is 5.71. The summed E-state index contributed by atoms with van der Waals surface area (Å²) in [6, 6.07) is 6.05. The number of thiophene rings is 1. The second kappa shape index (κ2) is 9.53. The summed E-state index contributed by atoms with van der Waals surface area (Å²) in [6.45, 7) is 1.19.